The number of benzene rings is 1. The number of rotatable bonds is 3. The zero-order chi connectivity index (χ0) is 12.1. The van der Waals surface area contributed by atoms with Gasteiger partial charge in [0.2, 0.25) is 5.91 Å². The maximum absolute atomic E-state index is 11.4. The summed E-state index contributed by atoms with van der Waals surface area (Å²) in [5, 5.41) is 4.91. The van der Waals surface area contributed by atoms with Crippen LogP contribution < -0.4 is 16.4 Å². The number of nitrogens with one attached hydrogen (secondary N) is 2. The molecule has 1 rings (SSSR count). The number of hydrogen-bond acceptors (Lipinski definition) is 2. The highest BCUT2D eigenvalue weighted by atomic mass is 16.2. The standard InChI is InChI=1S/C11H15N3O2/c1-7-3-4-9(8(2)5-7)14-10(15)6-13-11(12)16/h3-5H,6H2,1-2H3,(H,14,15)(H3,12,13,16). The summed E-state index contributed by atoms with van der Waals surface area (Å²) in [6, 6.07) is 4.99. The van der Waals surface area contributed by atoms with Crippen LogP contribution in [-0.4, -0.2) is 18.5 Å². The van der Waals surface area contributed by atoms with Crippen LogP contribution in [0, 0.1) is 13.8 Å². The molecule has 0 saturated heterocycles. The second-order valence-electron chi connectivity index (χ2n) is 3.58. The highest BCUT2D eigenvalue weighted by Crippen LogP contribution is 2.15. The molecule has 0 bridgehead atoms. The number of hydrogen-bond donors (Lipinski definition) is 3. The van der Waals surface area contributed by atoms with Crippen molar-refractivity contribution in [1.82, 2.24) is 5.32 Å². The summed E-state index contributed by atoms with van der Waals surface area (Å²) in [6.45, 7) is 3.76. The van der Waals surface area contributed by atoms with Crippen molar-refractivity contribution in [1.29, 1.82) is 0 Å². The molecule has 0 aliphatic heterocycles. The average molecular weight is 221 g/mol. The molecule has 0 unspecified atom stereocenters. The van der Waals surface area contributed by atoms with Crippen LogP contribution in [0.15, 0.2) is 18.2 Å². The van der Waals surface area contributed by atoms with E-state index in [1.54, 1.807) is 0 Å². The molecule has 86 valence electrons. The van der Waals surface area contributed by atoms with E-state index in [4.69, 9.17) is 5.73 Å². The Morgan fingerprint density at radius 3 is 2.56 bits per heavy atom. The van der Waals surface area contributed by atoms with E-state index in [0.29, 0.717) is 0 Å². The van der Waals surface area contributed by atoms with Crippen molar-refractivity contribution in [3.63, 3.8) is 0 Å². The molecule has 1 aromatic carbocycles. The van der Waals surface area contributed by atoms with Crippen molar-refractivity contribution < 1.29 is 9.59 Å². The van der Waals surface area contributed by atoms with E-state index >= 15 is 0 Å². The van der Waals surface area contributed by atoms with Gasteiger partial charge in [-0.2, -0.15) is 0 Å². The van der Waals surface area contributed by atoms with Crippen LogP contribution in [0.2, 0.25) is 0 Å². The highest BCUT2D eigenvalue weighted by Gasteiger charge is 2.05. The lowest BCUT2D eigenvalue weighted by molar-refractivity contribution is -0.115. The summed E-state index contributed by atoms with van der Waals surface area (Å²) in [6.07, 6.45) is 0. The summed E-state index contributed by atoms with van der Waals surface area (Å²) in [5.41, 5.74) is 7.70. The predicted octanol–water partition coefficient (Wildman–Crippen LogP) is 0.910. The number of carbonyl (C=O) groups excluding carboxylic acids is 2. The van der Waals surface area contributed by atoms with E-state index in [1.807, 2.05) is 32.0 Å². The third-order valence-corrected chi connectivity index (χ3v) is 2.08. The average Bonchev–Trinajstić information content (AvgIpc) is 2.19. The highest BCUT2D eigenvalue weighted by molar-refractivity contribution is 5.94. The van der Waals surface area contributed by atoms with Gasteiger partial charge in [-0.15, -0.1) is 0 Å². The molecular weight excluding hydrogens is 206 g/mol. The predicted molar refractivity (Wildman–Crippen MR) is 62.1 cm³/mol. The minimum atomic E-state index is -0.712. The molecule has 5 heteroatoms. The summed E-state index contributed by atoms with van der Waals surface area (Å²) in [5.74, 6) is -0.300. The van der Waals surface area contributed by atoms with E-state index in [1.165, 1.54) is 0 Å². The van der Waals surface area contributed by atoms with Crippen LogP contribution in [0.5, 0.6) is 0 Å². The molecule has 3 amide bonds. The number of urea groups is 1. The number of primary amides is 1. The summed E-state index contributed by atoms with van der Waals surface area (Å²) >= 11 is 0. The molecule has 0 aliphatic carbocycles. The Morgan fingerprint density at radius 2 is 2.00 bits per heavy atom. The van der Waals surface area contributed by atoms with Crippen LogP contribution in [-0.2, 0) is 4.79 Å². The zero-order valence-corrected chi connectivity index (χ0v) is 9.33. The van der Waals surface area contributed by atoms with Crippen molar-refractivity contribution in [2.75, 3.05) is 11.9 Å². The van der Waals surface area contributed by atoms with Crippen LogP contribution in [0.3, 0.4) is 0 Å². The fourth-order valence-electron chi connectivity index (χ4n) is 1.32. The van der Waals surface area contributed by atoms with Crippen LogP contribution in [0.4, 0.5) is 10.5 Å². The van der Waals surface area contributed by atoms with E-state index in [9.17, 15) is 9.59 Å². The molecule has 0 fully saturated rings. The summed E-state index contributed by atoms with van der Waals surface area (Å²) in [4.78, 5) is 21.8. The number of carbonyl (C=O) groups is 2. The molecule has 16 heavy (non-hydrogen) atoms. The van der Waals surface area contributed by atoms with Gasteiger partial charge in [0.25, 0.3) is 0 Å². The Labute approximate surface area is 94.0 Å². The maximum atomic E-state index is 11.4. The molecule has 4 N–H and O–H groups in total. The van der Waals surface area contributed by atoms with Gasteiger partial charge < -0.3 is 16.4 Å². The zero-order valence-electron chi connectivity index (χ0n) is 9.33. The molecule has 0 radical (unpaired) electrons. The van der Waals surface area contributed by atoms with E-state index in [-0.39, 0.29) is 12.5 Å². The smallest absolute Gasteiger partial charge is 0.312 e. The molecule has 0 saturated carbocycles. The van der Waals surface area contributed by atoms with E-state index < -0.39 is 6.03 Å². The topological polar surface area (TPSA) is 84.2 Å². The maximum Gasteiger partial charge on any atom is 0.312 e. The minimum absolute atomic E-state index is 0.122. The van der Waals surface area contributed by atoms with Crippen molar-refractivity contribution in [3.8, 4) is 0 Å². The Bertz CT molecular complexity index is 416. The minimum Gasteiger partial charge on any atom is -0.352 e. The molecular formula is C11H15N3O2. The Balaban J connectivity index is 2.59. The summed E-state index contributed by atoms with van der Waals surface area (Å²) in [7, 11) is 0. The molecule has 0 heterocycles. The number of nitrogens with two attached hydrogens (primary N) is 1. The normalized spacial score (nSPS) is 9.62. The van der Waals surface area contributed by atoms with Gasteiger partial charge in [0.05, 0.1) is 6.54 Å². The first-order chi connectivity index (χ1) is 7.49. The first kappa shape index (κ1) is 12.0. The number of anilines is 1. The van der Waals surface area contributed by atoms with E-state index in [0.717, 1.165) is 16.8 Å². The second-order valence-corrected chi connectivity index (χ2v) is 3.58. The van der Waals surface area contributed by atoms with Crippen LogP contribution in [0.25, 0.3) is 0 Å². The quantitative estimate of drug-likeness (QED) is 0.708. The molecule has 0 spiro atoms. The van der Waals surface area contributed by atoms with Gasteiger partial charge in [0.15, 0.2) is 0 Å². The first-order valence-corrected chi connectivity index (χ1v) is 4.89. The van der Waals surface area contributed by atoms with Gasteiger partial charge in [-0.1, -0.05) is 17.7 Å². The van der Waals surface area contributed by atoms with Crippen molar-refractivity contribution in [2.45, 2.75) is 13.8 Å². The third kappa shape index (κ3) is 3.61. The van der Waals surface area contributed by atoms with Crippen molar-refractivity contribution >= 4 is 17.6 Å². The van der Waals surface area contributed by atoms with E-state index in [2.05, 4.69) is 10.6 Å². The number of amides is 3. The molecule has 1 aromatic rings. The molecule has 0 aromatic heterocycles. The van der Waals surface area contributed by atoms with Crippen LogP contribution >= 0.6 is 0 Å². The Kier molecular flexibility index (Phi) is 3.88. The number of aryl methyl sites for hydroxylation is 2. The lowest BCUT2D eigenvalue weighted by Gasteiger charge is -2.09. The van der Waals surface area contributed by atoms with Crippen molar-refractivity contribution in [2.24, 2.45) is 5.73 Å². The second kappa shape index (κ2) is 5.16. The fraction of sp³-hybridized carbons (Fsp3) is 0.273. The molecule has 0 atom stereocenters. The van der Waals surface area contributed by atoms with Gasteiger partial charge in [-0.3, -0.25) is 4.79 Å². The lowest BCUT2D eigenvalue weighted by atomic mass is 10.1. The lowest BCUT2D eigenvalue weighted by Crippen LogP contribution is -2.36. The monoisotopic (exact) mass is 221 g/mol. The fourth-order valence-corrected chi connectivity index (χ4v) is 1.32. The third-order valence-electron chi connectivity index (χ3n) is 2.08. The Morgan fingerprint density at radius 1 is 1.31 bits per heavy atom. The van der Waals surface area contributed by atoms with Gasteiger partial charge >= 0.3 is 6.03 Å². The van der Waals surface area contributed by atoms with Gasteiger partial charge in [0, 0.05) is 5.69 Å². The summed E-state index contributed by atoms with van der Waals surface area (Å²) < 4.78 is 0. The largest absolute Gasteiger partial charge is 0.352 e. The van der Waals surface area contributed by atoms with Gasteiger partial charge in [-0.05, 0) is 25.5 Å². The molecule has 5 nitrogen and oxygen atoms in total. The molecule has 0 aliphatic rings. The van der Waals surface area contributed by atoms with Gasteiger partial charge in [0.1, 0.15) is 0 Å². The Hall–Kier alpha value is -2.04. The van der Waals surface area contributed by atoms with Gasteiger partial charge in [-0.25, -0.2) is 4.79 Å². The SMILES string of the molecule is Cc1ccc(NC(=O)CNC(N)=O)c(C)c1. The van der Waals surface area contributed by atoms with Crippen LogP contribution in [0.1, 0.15) is 11.1 Å². The first-order valence-electron chi connectivity index (χ1n) is 4.89. The van der Waals surface area contributed by atoms with Crippen molar-refractivity contribution in [3.05, 3.63) is 29.3 Å².